The second kappa shape index (κ2) is 4.22. The molecule has 4 nitrogen and oxygen atoms in total. The topological polar surface area (TPSA) is 63.4 Å². The number of nitrogens with zero attached hydrogens (tertiary/aromatic N) is 1. The summed E-state index contributed by atoms with van der Waals surface area (Å²) >= 11 is 0. The van der Waals surface area contributed by atoms with Gasteiger partial charge < -0.3 is 10.6 Å². The van der Waals surface area contributed by atoms with E-state index in [-0.39, 0.29) is 4.90 Å². The van der Waals surface area contributed by atoms with E-state index in [0.717, 1.165) is 18.5 Å². The number of rotatable bonds is 3. The third-order valence-electron chi connectivity index (χ3n) is 3.44. The van der Waals surface area contributed by atoms with E-state index in [2.05, 4.69) is 4.90 Å². The van der Waals surface area contributed by atoms with Crippen molar-refractivity contribution >= 4 is 21.2 Å². The van der Waals surface area contributed by atoms with Gasteiger partial charge in [0.15, 0.2) is 9.84 Å². The zero-order valence-corrected chi connectivity index (χ0v) is 11.0. The van der Waals surface area contributed by atoms with Crippen molar-refractivity contribution in [2.75, 3.05) is 23.9 Å². The van der Waals surface area contributed by atoms with Crippen LogP contribution < -0.4 is 10.6 Å². The summed E-state index contributed by atoms with van der Waals surface area (Å²) in [6.45, 7) is 0. The van der Waals surface area contributed by atoms with E-state index < -0.39 is 9.84 Å². The van der Waals surface area contributed by atoms with Gasteiger partial charge in [-0.1, -0.05) is 6.07 Å². The largest absolute Gasteiger partial charge is 0.396 e. The molecule has 94 valence electrons. The Labute approximate surface area is 102 Å². The average molecular weight is 254 g/mol. The van der Waals surface area contributed by atoms with Crippen LogP contribution in [-0.2, 0) is 9.84 Å². The van der Waals surface area contributed by atoms with Crippen LogP contribution in [0.4, 0.5) is 11.4 Å². The molecule has 0 aromatic heterocycles. The van der Waals surface area contributed by atoms with Gasteiger partial charge in [0, 0.05) is 19.3 Å². The SMILES string of the molecule is CN(c1cccc(S(C)(=O)=O)c1N)C1CCC1. The van der Waals surface area contributed by atoms with Crippen molar-refractivity contribution in [2.45, 2.75) is 30.2 Å². The molecule has 17 heavy (non-hydrogen) atoms. The van der Waals surface area contributed by atoms with Crippen LogP contribution in [0.15, 0.2) is 23.1 Å². The maximum absolute atomic E-state index is 11.6. The highest BCUT2D eigenvalue weighted by molar-refractivity contribution is 7.90. The van der Waals surface area contributed by atoms with Crippen molar-refractivity contribution in [3.05, 3.63) is 18.2 Å². The van der Waals surface area contributed by atoms with Crippen molar-refractivity contribution in [3.8, 4) is 0 Å². The Kier molecular flexibility index (Phi) is 3.03. The molecule has 1 aromatic carbocycles. The van der Waals surface area contributed by atoms with Gasteiger partial charge >= 0.3 is 0 Å². The first-order valence-electron chi connectivity index (χ1n) is 5.72. The Morgan fingerprint density at radius 1 is 1.35 bits per heavy atom. The smallest absolute Gasteiger partial charge is 0.177 e. The highest BCUT2D eigenvalue weighted by atomic mass is 32.2. The fraction of sp³-hybridized carbons (Fsp3) is 0.500. The number of hydrogen-bond donors (Lipinski definition) is 1. The van der Waals surface area contributed by atoms with E-state index in [9.17, 15) is 8.42 Å². The molecule has 1 aliphatic carbocycles. The molecule has 0 saturated heterocycles. The summed E-state index contributed by atoms with van der Waals surface area (Å²) in [6, 6.07) is 5.68. The molecule has 2 rings (SSSR count). The predicted molar refractivity (Wildman–Crippen MR) is 70.0 cm³/mol. The van der Waals surface area contributed by atoms with Gasteiger partial charge in [-0.15, -0.1) is 0 Å². The Hall–Kier alpha value is -1.23. The first kappa shape index (κ1) is 12.2. The Morgan fingerprint density at radius 2 is 2.00 bits per heavy atom. The molecule has 0 bridgehead atoms. The van der Waals surface area contributed by atoms with Gasteiger partial charge in [0.1, 0.15) is 0 Å². The van der Waals surface area contributed by atoms with E-state index in [4.69, 9.17) is 5.73 Å². The molecule has 0 atom stereocenters. The van der Waals surface area contributed by atoms with Gasteiger partial charge in [0.05, 0.1) is 16.3 Å². The van der Waals surface area contributed by atoms with Gasteiger partial charge in [-0.2, -0.15) is 0 Å². The molecule has 5 heteroatoms. The van der Waals surface area contributed by atoms with Crippen molar-refractivity contribution < 1.29 is 8.42 Å². The summed E-state index contributed by atoms with van der Waals surface area (Å²) in [5.74, 6) is 0. The number of para-hydroxylation sites is 1. The number of nitrogens with two attached hydrogens (primary N) is 1. The first-order valence-corrected chi connectivity index (χ1v) is 7.62. The lowest BCUT2D eigenvalue weighted by Crippen LogP contribution is -2.37. The summed E-state index contributed by atoms with van der Waals surface area (Å²) in [4.78, 5) is 2.31. The fourth-order valence-corrected chi connectivity index (χ4v) is 2.96. The molecule has 1 aliphatic rings. The quantitative estimate of drug-likeness (QED) is 0.833. The molecular weight excluding hydrogens is 236 g/mol. The minimum Gasteiger partial charge on any atom is -0.396 e. The predicted octanol–water partition coefficient (Wildman–Crippen LogP) is 1.66. The average Bonchev–Trinajstić information content (AvgIpc) is 2.13. The summed E-state index contributed by atoms with van der Waals surface area (Å²) in [6.07, 6.45) is 4.73. The Balaban J connectivity index is 2.41. The highest BCUT2D eigenvalue weighted by Gasteiger charge is 2.25. The molecule has 2 N–H and O–H groups in total. The number of anilines is 2. The van der Waals surface area contributed by atoms with Gasteiger partial charge in [-0.05, 0) is 31.4 Å². The minimum absolute atomic E-state index is 0.223. The molecule has 1 saturated carbocycles. The van der Waals surface area contributed by atoms with Crippen LogP contribution >= 0.6 is 0 Å². The molecule has 0 radical (unpaired) electrons. The van der Waals surface area contributed by atoms with Crippen molar-refractivity contribution in [1.82, 2.24) is 0 Å². The van der Waals surface area contributed by atoms with Crippen LogP contribution in [0.3, 0.4) is 0 Å². The van der Waals surface area contributed by atoms with Crippen molar-refractivity contribution in [1.29, 1.82) is 0 Å². The monoisotopic (exact) mass is 254 g/mol. The lowest BCUT2D eigenvalue weighted by molar-refractivity contribution is 0.401. The van der Waals surface area contributed by atoms with Gasteiger partial charge in [0.2, 0.25) is 0 Å². The van der Waals surface area contributed by atoms with Gasteiger partial charge in [0.25, 0.3) is 0 Å². The third-order valence-corrected chi connectivity index (χ3v) is 4.60. The summed E-state index contributed by atoms with van der Waals surface area (Å²) in [7, 11) is -1.28. The van der Waals surface area contributed by atoms with Crippen LogP contribution in [0.1, 0.15) is 19.3 Å². The lowest BCUT2D eigenvalue weighted by atomic mass is 9.91. The highest BCUT2D eigenvalue weighted by Crippen LogP contribution is 2.34. The zero-order chi connectivity index (χ0) is 12.6. The van der Waals surface area contributed by atoms with E-state index in [0.29, 0.717) is 11.7 Å². The third kappa shape index (κ3) is 2.24. The van der Waals surface area contributed by atoms with E-state index >= 15 is 0 Å². The van der Waals surface area contributed by atoms with Crippen molar-refractivity contribution in [2.24, 2.45) is 0 Å². The number of benzene rings is 1. The molecule has 0 aliphatic heterocycles. The minimum atomic E-state index is -3.26. The standard InChI is InChI=1S/C12H18N2O2S/c1-14(9-5-3-6-9)10-7-4-8-11(12(10)13)17(2,15)16/h4,7-9H,3,5-6,13H2,1-2H3. The summed E-state index contributed by atoms with van der Waals surface area (Å²) in [5, 5.41) is 0. The number of hydrogen-bond acceptors (Lipinski definition) is 4. The Morgan fingerprint density at radius 3 is 2.47 bits per heavy atom. The van der Waals surface area contributed by atoms with Crippen molar-refractivity contribution in [3.63, 3.8) is 0 Å². The molecule has 1 fully saturated rings. The normalized spacial score (nSPS) is 16.6. The Bertz CT molecular complexity index is 521. The summed E-state index contributed by atoms with van der Waals surface area (Å²) in [5.41, 5.74) is 7.15. The van der Waals surface area contributed by atoms with E-state index in [1.54, 1.807) is 12.1 Å². The molecule has 0 amide bonds. The molecule has 0 unspecified atom stereocenters. The van der Waals surface area contributed by atoms with E-state index in [1.807, 2.05) is 13.1 Å². The lowest BCUT2D eigenvalue weighted by Gasteiger charge is -2.37. The van der Waals surface area contributed by atoms with Crippen LogP contribution in [0.2, 0.25) is 0 Å². The first-order chi connectivity index (χ1) is 7.91. The number of sulfone groups is 1. The molecule has 0 heterocycles. The van der Waals surface area contributed by atoms with Crippen LogP contribution in [0.5, 0.6) is 0 Å². The second-order valence-electron chi connectivity index (χ2n) is 4.66. The molecule has 0 spiro atoms. The fourth-order valence-electron chi connectivity index (χ4n) is 2.13. The van der Waals surface area contributed by atoms with Crippen LogP contribution in [0.25, 0.3) is 0 Å². The van der Waals surface area contributed by atoms with Crippen LogP contribution in [0, 0.1) is 0 Å². The number of nitrogen functional groups attached to an aromatic ring is 1. The second-order valence-corrected chi connectivity index (χ2v) is 6.64. The maximum atomic E-state index is 11.6. The maximum Gasteiger partial charge on any atom is 0.177 e. The van der Waals surface area contributed by atoms with Crippen LogP contribution in [-0.4, -0.2) is 27.8 Å². The van der Waals surface area contributed by atoms with Gasteiger partial charge in [-0.3, -0.25) is 0 Å². The van der Waals surface area contributed by atoms with E-state index in [1.165, 1.54) is 12.7 Å². The van der Waals surface area contributed by atoms with Gasteiger partial charge in [-0.25, -0.2) is 8.42 Å². The zero-order valence-electron chi connectivity index (χ0n) is 10.2. The summed E-state index contributed by atoms with van der Waals surface area (Å²) < 4.78 is 23.2. The molecule has 1 aromatic rings. The molecular formula is C12H18N2O2S.